The molecule has 0 aliphatic heterocycles. The largest absolute Gasteiger partial charge is 0.396 e. The maximum Gasteiger partial charge on any atom is 0.263 e. The van der Waals surface area contributed by atoms with Crippen molar-refractivity contribution in [3.63, 3.8) is 0 Å². The number of aryl methyl sites for hydroxylation is 2. The van der Waals surface area contributed by atoms with Crippen LogP contribution in [0.15, 0.2) is 35.2 Å². The first-order valence-electron chi connectivity index (χ1n) is 5.81. The van der Waals surface area contributed by atoms with Gasteiger partial charge in [0.25, 0.3) is 10.0 Å². The Balaban J connectivity index is 2.37. The van der Waals surface area contributed by atoms with E-state index < -0.39 is 15.8 Å². The van der Waals surface area contributed by atoms with Crippen molar-refractivity contribution in [2.24, 2.45) is 0 Å². The van der Waals surface area contributed by atoms with Crippen LogP contribution in [-0.4, -0.2) is 13.4 Å². The van der Waals surface area contributed by atoms with Gasteiger partial charge in [-0.25, -0.2) is 17.8 Å². The molecule has 0 aliphatic carbocycles. The summed E-state index contributed by atoms with van der Waals surface area (Å²) in [6.45, 7) is 3.59. The van der Waals surface area contributed by atoms with Crippen LogP contribution in [0.3, 0.4) is 0 Å². The van der Waals surface area contributed by atoms with Gasteiger partial charge in [0.2, 0.25) is 0 Å². The topological polar surface area (TPSA) is 85.1 Å². The summed E-state index contributed by atoms with van der Waals surface area (Å²) in [6.07, 6.45) is 0. The maximum atomic E-state index is 13.3. The van der Waals surface area contributed by atoms with Crippen molar-refractivity contribution >= 4 is 21.5 Å². The molecule has 7 heteroatoms. The molecule has 0 amide bonds. The lowest BCUT2D eigenvalue weighted by atomic mass is 10.2. The minimum Gasteiger partial charge on any atom is -0.396 e. The van der Waals surface area contributed by atoms with Gasteiger partial charge in [-0.2, -0.15) is 0 Å². The molecule has 3 N–H and O–H groups in total. The van der Waals surface area contributed by atoms with Crippen molar-refractivity contribution in [2.45, 2.75) is 18.7 Å². The van der Waals surface area contributed by atoms with Gasteiger partial charge in [-0.3, -0.25) is 4.72 Å². The smallest absolute Gasteiger partial charge is 0.263 e. The number of rotatable bonds is 3. The first-order valence-corrected chi connectivity index (χ1v) is 7.29. The van der Waals surface area contributed by atoms with Crippen LogP contribution < -0.4 is 10.5 Å². The number of halogens is 1. The molecule has 0 saturated heterocycles. The maximum absolute atomic E-state index is 13.3. The highest BCUT2D eigenvalue weighted by atomic mass is 32.2. The lowest BCUT2D eigenvalue weighted by molar-refractivity contribution is 0.596. The molecule has 2 aromatic rings. The monoisotopic (exact) mass is 295 g/mol. The molecule has 1 aromatic carbocycles. The molecule has 0 fully saturated rings. The van der Waals surface area contributed by atoms with Crippen molar-refractivity contribution in [1.29, 1.82) is 0 Å². The number of hydrogen-bond acceptors (Lipinski definition) is 4. The van der Waals surface area contributed by atoms with Gasteiger partial charge in [-0.15, -0.1) is 0 Å². The van der Waals surface area contributed by atoms with E-state index in [1.165, 1.54) is 12.1 Å². The van der Waals surface area contributed by atoms with Gasteiger partial charge in [0.1, 0.15) is 11.6 Å². The SMILES string of the molecule is Cc1cc(C)nc(NS(=O)(=O)c2ccc(N)c(F)c2)c1. The molecule has 0 bridgehead atoms. The fraction of sp³-hybridized carbons (Fsp3) is 0.154. The Labute approximate surface area is 116 Å². The van der Waals surface area contributed by atoms with Crippen molar-refractivity contribution in [1.82, 2.24) is 4.98 Å². The van der Waals surface area contributed by atoms with E-state index in [4.69, 9.17) is 5.73 Å². The Morgan fingerprint density at radius 3 is 2.50 bits per heavy atom. The highest BCUT2D eigenvalue weighted by Crippen LogP contribution is 2.19. The van der Waals surface area contributed by atoms with E-state index in [0.717, 1.165) is 11.6 Å². The van der Waals surface area contributed by atoms with Crippen LogP contribution in [-0.2, 0) is 10.0 Å². The summed E-state index contributed by atoms with van der Waals surface area (Å²) in [5.74, 6) is -0.582. The van der Waals surface area contributed by atoms with Crippen LogP contribution in [0.5, 0.6) is 0 Å². The molecule has 0 atom stereocenters. The molecule has 0 saturated carbocycles. The first kappa shape index (κ1) is 14.3. The summed E-state index contributed by atoms with van der Waals surface area (Å²) in [7, 11) is -3.89. The number of sulfonamides is 1. The minimum absolute atomic E-state index is 0.103. The Kier molecular flexibility index (Phi) is 3.63. The molecule has 20 heavy (non-hydrogen) atoms. The molecule has 106 valence electrons. The highest BCUT2D eigenvalue weighted by molar-refractivity contribution is 7.92. The lowest BCUT2D eigenvalue weighted by Crippen LogP contribution is -2.14. The molecule has 2 rings (SSSR count). The van der Waals surface area contributed by atoms with Gasteiger partial charge < -0.3 is 5.73 Å². The van der Waals surface area contributed by atoms with Crippen molar-refractivity contribution < 1.29 is 12.8 Å². The number of nitrogen functional groups attached to an aromatic ring is 1. The van der Waals surface area contributed by atoms with Crippen molar-refractivity contribution in [3.05, 3.63) is 47.4 Å². The number of hydrogen-bond donors (Lipinski definition) is 2. The van der Waals surface area contributed by atoms with Crippen molar-refractivity contribution in [2.75, 3.05) is 10.5 Å². The number of nitrogens with one attached hydrogen (secondary N) is 1. The van der Waals surface area contributed by atoms with Gasteiger partial charge in [0.05, 0.1) is 10.6 Å². The number of benzene rings is 1. The molecular weight excluding hydrogens is 281 g/mol. The zero-order valence-electron chi connectivity index (χ0n) is 11.0. The molecule has 0 unspecified atom stereocenters. The van der Waals surface area contributed by atoms with E-state index in [-0.39, 0.29) is 16.4 Å². The Morgan fingerprint density at radius 2 is 1.90 bits per heavy atom. The average Bonchev–Trinajstić information content (AvgIpc) is 2.30. The standard InChI is InChI=1S/C13H14FN3O2S/c1-8-5-9(2)16-13(6-8)17-20(18,19)10-3-4-12(15)11(14)7-10/h3-7H,15H2,1-2H3,(H,16,17). The van der Waals surface area contributed by atoms with E-state index in [0.29, 0.717) is 5.69 Å². The van der Waals surface area contributed by atoms with Crippen LogP contribution in [0.25, 0.3) is 0 Å². The van der Waals surface area contributed by atoms with Crippen LogP contribution in [0.2, 0.25) is 0 Å². The lowest BCUT2D eigenvalue weighted by Gasteiger charge is -2.09. The summed E-state index contributed by atoms with van der Waals surface area (Å²) >= 11 is 0. The normalized spacial score (nSPS) is 11.3. The molecular formula is C13H14FN3O2S. The molecule has 0 radical (unpaired) electrons. The molecule has 0 spiro atoms. The molecule has 1 aromatic heterocycles. The zero-order chi connectivity index (χ0) is 14.9. The molecule has 5 nitrogen and oxygen atoms in total. The third-order valence-corrected chi connectivity index (χ3v) is 3.97. The number of aromatic nitrogens is 1. The average molecular weight is 295 g/mol. The second-order valence-electron chi connectivity index (χ2n) is 4.46. The van der Waals surface area contributed by atoms with E-state index in [1.807, 2.05) is 13.0 Å². The molecule has 1 heterocycles. The number of nitrogens with zero attached hydrogens (tertiary/aromatic N) is 1. The Bertz CT molecular complexity index is 740. The second kappa shape index (κ2) is 5.09. The first-order chi connectivity index (χ1) is 9.28. The summed E-state index contributed by atoms with van der Waals surface area (Å²) < 4.78 is 39.9. The van der Waals surface area contributed by atoms with E-state index in [2.05, 4.69) is 9.71 Å². The third-order valence-electron chi connectivity index (χ3n) is 2.62. The van der Waals surface area contributed by atoms with E-state index in [9.17, 15) is 12.8 Å². The Hall–Kier alpha value is -2.15. The highest BCUT2D eigenvalue weighted by Gasteiger charge is 2.16. The van der Waals surface area contributed by atoms with Gasteiger partial charge in [0, 0.05) is 5.69 Å². The Morgan fingerprint density at radius 1 is 1.20 bits per heavy atom. The van der Waals surface area contributed by atoms with Gasteiger partial charge >= 0.3 is 0 Å². The molecule has 0 aliphatic rings. The number of pyridine rings is 1. The van der Waals surface area contributed by atoms with Crippen molar-refractivity contribution in [3.8, 4) is 0 Å². The predicted octanol–water partition coefficient (Wildman–Crippen LogP) is 2.22. The predicted molar refractivity (Wildman–Crippen MR) is 75.3 cm³/mol. The second-order valence-corrected chi connectivity index (χ2v) is 6.14. The quantitative estimate of drug-likeness (QED) is 0.850. The van der Waals surface area contributed by atoms with E-state index >= 15 is 0 Å². The fourth-order valence-corrected chi connectivity index (χ4v) is 2.77. The minimum atomic E-state index is -3.89. The van der Waals surface area contributed by atoms with Crippen LogP contribution in [0.4, 0.5) is 15.9 Å². The third kappa shape index (κ3) is 3.05. The van der Waals surface area contributed by atoms with Crippen LogP contribution >= 0.6 is 0 Å². The van der Waals surface area contributed by atoms with Crippen LogP contribution in [0, 0.1) is 19.7 Å². The van der Waals surface area contributed by atoms with Crippen LogP contribution in [0.1, 0.15) is 11.3 Å². The summed E-state index contributed by atoms with van der Waals surface area (Å²) in [5.41, 5.74) is 6.78. The van der Waals surface area contributed by atoms with Gasteiger partial charge in [-0.05, 0) is 49.7 Å². The fourth-order valence-electron chi connectivity index (χ4n) is 1.77. The summed E-state index contributed by atoms with van der Waals surface area (Å²) in [5, 5.41) is 0. The summed E-state index contributed by atoms with van der Waals surface area (Å²) in [4.78, 5) is 3.87. The van der Waals surface area contributed by atoms with Gasteiger partial charge in [-0.1, -0.05) is 0 Å². The summed E-state index contributed by atoms with van der Waals surface area (Å²) in [6, 6.07) is 6.74. The number of nitrogens with two attached hydrogens (primary N) is 1. The van der Waals surface area contributed by atoms with E-state index in [1.54, 1.807) is 13.0 Å². The number of anilines is 2. The zero-order valence-corrected chi connectivity index (χ0v) is 11.8. The van der Waals surface area contributed by atoms with Gasteiger partial charge in [0.15, 0.2) is 0 Å².